The second kappa shape index (κ2) is 9.17. The van der Waals surface area contributed by atoms with Gasteiger partial charge in [0.1, 0.15) is 23.5 Å². The third kappa shape index (κ3) is 5.77. The number of nitrogens with two attached hydrogens (primary N) is 1. The maximum absolute atomic E-state index is 15.0. The Kier molecular flexibility index (Phi) is 7.36. The van der Waals surface area contributed by atoms with Gasteiger partial charge in [0.2, 0.25) is 0 Å². The summed E-state index contributed by atoms with van der Waals surface area (Å²) in [6.07, 6.45) is -3.74. The molecule has 0 aromatic carbocycles. The quantitative estimate of drug-likeness (QED) is 0.174. The molecular weight excluding hydrogens is 542 g/mol. The number of phosphoric acid groups is 3. The fourth-order valence-corrected chi connectivity index (χ4v) is 6.22. The number of fused-ring (bicyclic) bond motifs is 1. The van der Waals surface area contributed by atoms with Gasteiger partial charge in [-0.15, -0.1) is 11.6 Å². The number of alkyl halides is 2. The largest absolute Gasteiger partial charge is 0.490 e. The van der Waals surface area contributed by atoms with Crippen molar-refractivity contribution in [2.24, 2.45) is 0 Å². The van der Waals surface area contributed by atoms with Crippen LogP contribution < -0.4 is 5.73 Å². The highest BCUT2D eigenvalue weighted by molar-refractivity contribution is 7.66. The van der Waals surface area contributed by atoms with Crippen LogP contribution >= 0.6 is 35.1 Å². The van der Waals surface area contributed by atoms with E-state index in [1.54, 1.807) is 0 Å². The third-order valence-electron chi connectivity index (χ3n) is 4.24. The average Bonchev–Trinajstić information content (AvgIpc) is 3.19. The van der Waals surface area contributed by atoms with Crippen molar-refractivity contribution in [2.75, 3.05) is 18.2 Å². The number of aliphatic hydroxyl groups excluding tert-OH is 1. The van der Waals surface area contributed by atoms with Crippen LogP contribution in [0.4, 0.5) is 10.2 Å². The van der Waals surface area contributed by atoms with Crippen LogP contribution in [0.1, 0.15) is 6.23 Å². The van der Waals surface area contributed by atoms with Gasteiger partial charge in [-0.3, -0.25) is 9.09 Å². The number of imidazole rings is 1. The molecule has 0 spiro atoms. The number of aliphatic hydroxyl groups is 1. The van der Waals surface area contributed by atoms with Crippen LogP contribution in [0.15, 0.2) is 12.7 Å². The monoisotopic (exact) mass is 557 g/mol. The summed E-state index contributed by atoms with van der Waals surface area (Å²) in [5.41, 5.74) is 3.59. The summed E-state index contributed by atoms with van der Waals surface area (Å²) in [7, 11) is -17.0. The summed E-state index contributed by atoms with van der Waals surface area (Å²) in [5.74, 6) is -0.742. The Hall–Kier alpha value is -1.10. The Morgan fingerprint density at radius 1 is 1.18 bits per heavy atom. The van der Waals surface area contributed by atoms with E-state index in [0.29, 0.717) is 0 Å². The Bertz CT molecular complexity index is 1180. The SMILES string of the molecule is Nc1ncnc2c1ncn2C1OC(CCl)(COP(=O)(O)OP(=O)(O)OP(=O)(O)O)C(O)C1F. The molecule has 1 fully saturated rings. The number of nitrogen functional groups attached to an aromatic ring is 1. The van der Waals surface area contributed by atoms with Crippen molar-refractivity contribution in [3.8, 4) is 0 Å². The van der Waals surface area contributed by atoms with E-state index in [1.165, 1.54) is 0 Å². The molecule has 0 amide bonds. The van der Waals surface area contributed by atoms with E-state index < -0.39 is 60.1 Å². The highest BCUT2D eigenvalue weighted by atomic mass is 35.5. The Labute approximate surface area is 187 Å². The topological polar surface area (TPSA) is 259 Å². The van der Waals surface area contributed by atoms with Crippen molar-refractivity contribution in [1.29, 1.82) is 0 Å². The molecule has 2 aromatic rings. The summed E-state index contributed by atoms with van der Waals surface area (Å²) in [6, 6.07) is 0. The molecule has 3 heterocycles. The number of ether oxygens (including phenoxy) is 1. The van der Waals surface area contributed by atoms with Gasteiger partial charge in [-0.25, -0.2) is 33.0 Å². The zero-order valence-corrected chi connectivity index (χ0v) is 19.3. The van der Waals surface area contributed by atoms with Gasteiger partial charge in [0, 0.05) is 0 Å². The van der Waals surface area contributed by atoms with E-state index in [1.807, 2.05) is 0 Å². The molecule has 7 N–H and O–H groups in total. The number of halogens is 2. The zero-order valence-electron chi connectivity index (χ0n) is 15.9. The minimum absolute atomic E-state index is 0.0241. The molecule has 0 aliphatic carbocycles. The van der Waals surface area contributed by atoms with E-state index >= 15 is 0 Å². The van der Waals surface area contributed by atoms with Crippen LogP contribution in [0, 0.1) is 0 Å². The number of anilines is 1. The predicted molar refractivity (Wildman–Crippen MR) is 104 cm³/mol. The van der Waals surface area contributed by atoms with Crippen LogP contribution in [0.2, 0.25) is 0 Å². The molecule has 22 heteroatoms. The number of aromatic nitrogens is 4. The Morgan fingerprint density at radius 2 is 1.85 bits per heavy atom. The molecule has 1 aliphatic rings. The van der Waals surface area contributed by atoms with Crippen LogP contribution in [0.25, 0.3) is 11.2 Å². The number of nitrogens with zero attached hydrogens (tertiary/aromatic N) is 4. The summed E-state index contributed by atoms with van der Waals surface area (Å²) in [4.78, 5) is 47.4. The van der Waals surface area contributed by atoms with Gasteiger partial charge in [-0.2, -0.15) is 8.62 Å². The molecule has 33 heavy (non-hydrogen) atoms. The van der Waals surface area contributed by atoms with Crippen molar-refractivity contribution in [2.45, 2.75) is 24.1 Å². The molecule has 17 nitrogen and oxygen atoms in total. The van der Waals surface area contributed by atoms with Crippen molar-refractivity contribution in [3.05, 3.63) is 12.7 Å². The molecule has 1 saturated heterocycles. The van der Waals surface area contributed by atoms with Crippen LogP contribution in [-0.2, 0) is 31.6 Å². The molecule has 3 rings (SSSR count). The van der Waals surface area contributed by atoms with E-state index in [-0.39, 0.29) is 17.0 Å². The first-order chi connectivity index (χ1) is 15.1. The Balaban J connectivity index is 1.80. The molecular formula is C11H16ClFN5O12P3. The minimum Gasteiger partial charge on any atom is -0.387 e. The van der Waals surface area contributed by atoms with Crippen molar-refractivity contribution >= 4 is 52.1 Å². The lowest BCUT2D eigenvalue weighted by molar-refractivity contribution is -0.111. The van der Waals surface area contributed by atoms with Gasteiger partial charge >= 0.3 is 23.5 Å². The van der Waals surface area contributed by atoms with Gasteiger partial charge in [-0.05, 0) is 0 Å². The third-order valence-corrected chi connectivity index (χ3v) is 8.48. The number of hydrogen-bond donors (Lipinski definition) is 6. The van der Waals surface area contributed by atoms with Gasteiger partial charge in [0.05, 0.1) is 18.8 Å². The molecule has 0 bridgehead atoms. The number of rotatable bonds is 9. The van der Waals surface area contributed by atoms with Crippen molar-refractivity contribution in [1.82, 2.24) is 19.5 Å². The highest BCUT2D eigenvalue weighted by Gasteiger charge is 2.57. The Morgan fingerprint density at radius 3 is 2.45 bits per heavy atom. The average molecular weight is 558 g/mol. The molecule has 0 saturated carbocycles. The summed E-state index contributed by atoms with van der Waals surface area (Å²) < 4.78 is 67.2. The first-order valence-corrected chi connectivity index (χ1v) is 13.4. The summed E-state index contributed by atoms with van der Waals surface area (Å²) in [5, 5.41) is 10.4. The fourth-order valence-electron chi connectivity index (χ4n) is 2.85. The highest BCUT2D eigenvalue weighted by Crippen LogP contribution is 2.66. The second-order valence-corrected chi connectivity index (χ2v) is 11.2. The van der Waals surface area contributed by atoms with E-state index in [0.717, 1.165) is 17.2 Å². The first kappa shape index (κ1) is 26.5. The van der Waals surface area contributed by atoms with Crippen molar-refractivity contribution in [3.63, 3.8) is 0 Å². The van der Waals surface area contributed by atoms with Crippen LogP contribution in [-0.4, -0.2) is 74.6 Å². The molecule has 6 atom stereocenters. The van der Waals surface area contributed by atoms with E-state index in [4.69, 9.17) is 31.9 Å². The second-order valence-electron chi connectivity index (χ2n) is 6.54. The molecule has 186 valence electrons. The van der Waals surface area contributed by atoms with E-state index in [2.05, 4.69) is 28.1 Å². The van der Waals surface area contributed by atoms with E-state index in [9.17, 15) is 33.0 Å². The lowest BCUT2D eigenvalue weighted by atomic mass is 9.99. The number of phosphoric ester groups is 1. The maximum atomic E-state index is 15.0. The molecule has 6 unspecified atom stereocenters. The first-order valence-electron chi connectivity index (χ1n) is 8.37. The molecule has 1 aliphatic heterocycles. The minimum atomic E-state index is -5.79. The standard InChI is InChI=1S/C11H16ClFN5O12P3/c12-1-11(2-27-32(23,24)30-33(25,26)29-31(20,21)22)7(19)5(13)10(28-11)18-4-17-6-8(14)15-3-16-9(6)18/h3-5,7,10,19H,1-2H2,(H,23,24)(H,25,26)(H2,14,15,16)(H2,20,21,22). The van der Waals surface area contributed by atoms with Gasteiger partial charge in [-0.1, -0.05) is 0 Å². The van der Waals surface area contributed by atoms with Gasteiger partial charge < -0.3 is 35.2 Å². The van der Waals surface area contributed by atoms with Gasteiger partial charge in [0.15, 0.2) is 23.9 Å². The van der Waals surface area contributed by atoms with Crippen LogP contribution in [0.5, 0.6) is 0 Å². The lowest BCUT2D eigenvalue weighted by Crippen LogP contribution is -2.47. The van der Waals surface area contributed by atoms with Gasteiger partial charge in [0.25, 0.3) is 0 Å². The lowest BCUT2D eigenvalue weighted by Gasteiger charge is -2.29. The number of hydrogen-bond acceptors (Lipinski definition) is 12. The summed E-state index contributed by atoms with van der Waals surface area (Å²) in [6.45, 7) is -1.18. The zero-order chi connectivity index (χ0) is 24.8. The van der Waals surface area contributed by atoms with Crippen molar-refractivity contribution < 1.29 is 60.6 Å². The maximum Gasteiger partial charge on any atom is 0.490 e. The molecule has 2 aromatic heterocycles. The normalized spacial score (nSPS) is 29.7. The van der Waals surface area contributed by atoms with Crippen LogP contribution in [0.3, 0.4) is 0 Å². The fraction of sp³-hybridized carbons (Fsp3) is 0.545. The summed E-state index contributed by atoms with van der Waals surface area (Å²) >= 11 is 5.80. The predicted octanol–water partition coefficient (Wildman–Crippen LogP) is -0.0428. The molecule has 0 radical (unpaired) electrons. The smallest absolute Gasteiger partial charge is 0.387 e.